The Bertz CT molecular complexity index is 1720. The largest absolute Gasteiger partial charge is 0.472 e. The van der Waals surface area contributed by atoms with Crippen molar-refractivity contribution in [3.63, 3.8) is 0 Å². The Kier molecular flexibility index (Phi) is 55.7. The van der Waals surface area contributed by atoms with E-state index in [0.29, 0.717) is 31.6 Å². The summed E-state index contributed by atoms with van der Waals surface area (Å²) in [6, 6.07) is 0. The van der Waals surface area contributed by atoms with Gasteiger partial charge in [0.25, 0.3) is 0 Å². The highest BCUT2D eigenvalue weighted by Crippen LogP contribution is 2.45. The average Bonchev–Trinajstić information content (AvgIpc) is 3.64. The molecule has 17 nitrogen and oxygen atoms in total. The summed E-state index contributed by atoms with van der Waals surface area (Å²) in [6.07, 6.45) is 37.8. The molecule has 0 aliphatic rings. The third-order valence-electron chi connectivity index (χ3n) is 16.0. The van der Waals surface area contributed by atoms with Gasteiger partial charge in [-0.1, -0.05) is 274 Å². The third kappa shape index (κ3) is 58.4. The van der Waals surface area contributed by atoms with Crippen LogP contribution in [-0.2, 0) is 65.4 Å². The van der Waals surface area contributed by atoms with Crippen LogP contribution in [0.5, 0.6) is 0 Å². The summed E-state index contributed by atoms with van der Waals surface area (Å²) in [6.45, 7) is 14.0. The van der Waals surface area contributed by atoms with Gasteiger partial charge in [-0.2, -0.15) is 0 Å². The Morgan fingerprint density at radius 3 is 0.826 bits per heavy atom. The number of aliphatic hydroxyl groups is 1. The summed E-state index contributed by atoms with van der Waals surface area (Å²) >= 11 is 0. The van der Waals surface area contributed by atoms with Crippen LogP contribution in [0, 0.1) is 23.7 Å². The van der Waals surface area contributed by atoms with Crippen molar-refractivity contribution in [3.05, 3.63) is 0 Å². The quantitative estimate of drug-likeness (QED) is 0.0222. The number of phosphoric ester groups is 2. The van der Waals surface area contributed by atoms with Crippen LogP contribution in [0.2, 0.25) is 0 Å². The Morgan fingerprint density at radius 1 is 0.326 bits per heavy atom. The third-order valence-corrected chi connectivity index (χ3v) is 17.9. The lowest BCUT2D eigenvalue weighted by Crippen LogP contribution is -2.30. The second-order valence-corrected chi connectivity index (χ2v) is 28.6. The van der Waals surface area contributed by atoms with Crippen molar-refractivity contribution in [1.29, 1.82) is 0 Å². The molecule has 7 atom stereocenters. The lowest BCUT2D eigenvalue weighted by Gasteiger charge is -2.21. The number of hydrogen-bond acceptors (Lipinski definition) is 15. The summed E-state index contributed by atoms with van der Waals surface area (Å²) in [5.41, 5.74) is 0. The smallest absolute Gasteiger partial charge is 0.462 e. The first-order valence-corrected chi connectivity index (χ1v) is 37.8. The van der Waals surface area contributed by atoms with Gasteiger partial charge < -0.3 is 33.8 Å². The minimum absolute atomic E-state index is 0.102. The number of hydrogen-bond donors (Lipinski definition) is 3. The molecule has 0 bridgehead atoms. The molecule has 0 aromatic rings. The van der Waals surface area contributed by atoms with Crippen LogP contribution in [0.3, 0.4) is 0 Å². The Balaban J connectivity index is 5.22. The molecule has 0 aliphatic heterocycles. The standard InChI is InChI=1S/C67H130O17P2/c1-9-59(7)45-37-29-23-25-32-40-48-65(70)78-54-62(83-66(71)49-41-33-22-18-20-28-36-44-58(5)6)55-81-85(73,74)79-51-61(68)52-80-86(75,76)82-56-63(84-67(72)50-42-34-26-24-30-38-46-60(8)10-2)53-77-64(69)47-39-31-21-17-15-13-11-12-14-16-19-27-35-43-57(3)4/h57-63,68H,9-56H2,1-8H3,(H,73,74)(H,75,76)/t59?,60?,61-,62+,63+/m0/s1. The first-order chi connectivity index (χ1) is 41.2. The van der Waals surface area contributed by atoms with Crippen LogP contribution in [0.1, 0.15) is 325 Å². The van der Waals surface area contributed by atoms with E-state index in [1.165, 1.54) is 122 Å². The predicted octanol–water partition coefficient (Wildman–Crippen LogP) is 18.5. The first kappa shape index (κ1) is 84.1. The molecule has 0 aromatic carbocycles. The number of aliphatic hydroxyl groups excluding tert-OH is 1. The Labute approximate surface area is 524 Å². The number of carbonyl (C=O) groups is 4. The average molecular weight is 1270 g/mol. The normalized spacial score (nSPS) is 15.0. The topological polar surface area (TPSA) is 237 Å². The van der Waals surface area contributed by atoms with Crippen molar-refractivity contribution in [1.82, 2.24) is 0 Å². The molecule has 0 aromatic heterocycles. The highest BCUT2D eigenvalue weighted by atomic mass is 31.2. The van der Waals surface area contributed by atoms with Crippen molar-refractivity contribution in [2.75, 3.05) is 39.6 Å². The van der Waals surface area contributed by atoms with Gasteiger partial charge in [-0.05, 0) is 49.4 Å². The van der Waals surface area contributed by atoms with Gasteiger partial charge in [0.15, 0.2) is 12.2 Å². The second-order valence-electron chi connectivity index (χ2n) is 25.6. The molecule has 19 heteroatoms. The Hall–Kier alpha value is -1.94. The van der Waals surface area contributed by atoms with Crippen molar-refractivity contribution in [3.8, 4) is 0 Å². The van der Waals surface area contributed by atoms with Gasteiger partial charge in [0.2, 0.25) is 0 Å². The zero-order chi connectivity index (χ0) is 63.9. The van der Waals surface area contributed by atoms with E-state index in [1.807, 2.05) is 0 Å². The maximum absolute atomic E-state index is 13.0. The van der Waals surface area contributed by atoms with Crippen LogP contribution < -0.4 is 0 Å². The molecule has 0 rings (SSSR count). The molecule has 4 unspecified atom stereocenters. The van der Waals surface area contributed by atoms with Crippen LogP contribution in [0.25, 0.3) is 0 Å². The summed E-state index contributed by atoms with van der Waals surface area (Å²) in [5.74, 6) is 0.799. The molecule has 0 saturated carbocycles. The SMILES string of the molecule is CCC(C)CCCCCCCCC(=O)OC[C@H](COP(=O)(O)OC[C@H](O)COP(=O)(O)OC[C@@H](COC(=O)CCCCCCCCCCCCCCCC(C)C)OC(=O)CCCCCCCCC(C)CC)OC(=O)CCCCCCCCCC(C)C. The monoisotopic (exact) mass is 1270 g/mol. The second kappa shape index (κ2) is 57.0. The van der Waals surface area contributed by atoms with Gasteiger partial charge in [0.1, 0.15) is 19.3 Å². The fourth-order valence-electron chi connectivity index (χ4n) is 9.89. The summed E-state index contributed by atoms with van der Waals surface area (Å²) in [4.78, 5) is 72.3. The molecule has 0 spiro atoms. The maximum Gasteiger partial charge on any atom is 0.472 e. The molecular weight excluding hydrogens is 1140 g/mol. The fraction of sp³-hybridized carbons (Fsp3) is 0.940. The number of carbonyl (C=O) groups excluding carboxylic acids is 4. The number of unbranched alkanes of at least 4 members (excludes halogenated alkanes) is 28. The summed E-state index contributed by atoms with van der Waals surface area (Å²) in [5, 5.41) is 10.6. The van der Waals surface area contributed by atoms with Crippen LogP contribution in [0.15, 0.2) is 0 Å². The van der Waals surface area contributed by atoms with E-state index in [4.69, 9.17) is 37.0 Å². The molecule has 0 aliphatic carbocycles. The van der Waals surface area contributed by atoms with E-state index < -0.39 is 97.5 Å². The number of rotatable bonds is 64. The van der Waals surface area contributed by atoms with E-state index >= 15 is 0 Å². The molecule has 0 fully saturated rings. The summed E-state index contributed by atoms with van der Waals surface area (Å²) in [7, 11) is -9.89. The Morgan fingerprint density at radius 2 is 0.558 bits per heavy atom. The van der Waals surface area contributed by atoms with Crippen LogP contribution in [-0.4, -0.2) is 96.7 Å². The number of ether oxygens (including phenoxy) is 4. The van der Waals surface area contributed by atoms with Gasteiger partial charge in [-0.25, -0.2) is 9.13 Å². The van der Waals surface area contributed by atoms with Crippen molar-refractivity contribution < 1.29 is 80.2 Å². The first-order valence-electron chi connectivity index (χ1n) is 34.8. The molecule has 510 valence electrons. The molecule has 3 N–H and O–H groups in total. The molecule has 0 heterocycles. The van der Waals surface area contributed by atoms with Gasteiger partial charge in [-0.3, -0.25) is 37.3 Å². The van der Waals surface area contributed by atoms with Crippen molar-refractivity contribution in [2.45, 2.75) is 343 Å². The van der Waals surface area contributed by atoms with Crippen LogP contribution >= 0.6 is 15.6 Å². The zero-order valence-corrected chi connectivity index (χ0v) is 57.7. The predicted molar refractivity (Wildman–Crippen MR) is 344 cm³/mol. The van der Waals surface area contributed by atoms with E-state index in [2.05, 4.69) is 55.4 Å². The lowest BCUT2D eigenvalue weighted by molar-refractivity contribution is -0.161. The number of esters is 4. The molecule has 0 saturated heterocycles. The highest BCUT2D eigenvalue weighted by Gasteiger charge is 2.30. The maximum atomic E-state index is 13.0. The van der Waals surface area contributed by atoms with E-state index in [9.17, 15) is 43.2 Å². The molecule has 0 radical (unpaired) electrons. The molecular formula is C67H130O17P2. The lowest BCUT2D eigenvalue weighted by atomic mass is 10.00. The minimum atomic E-state index is -4.95. The van der Waals surface area contributed by atoms with Crippen molar-refractivity contribution in [2.24, 2.45) is 23.7 Å². The zero-order valence-electron chi connectivity index (χ0n) is 55.9. The fourth-order valence-corrected chi connectivity index (χ4v) is 11.5. The molecule has 0 amide bonds. The van der Waals surface area contributed by atoms with Gasteiger partial charge >= 0.3 is 39.5 Å². The summed E-state index contributed by atoms with van der Waals surface area (Å²) < 4.78 is 68.1. The van der Waals surface area contributed by atoms with E-state index in [-0.39, 0.29) is 25.7 Å². The van der Waals surface area contributed by atoms with Gasteiger partial charge in [0, 0.05) is 25.7 Å². The highest BCUT2D eigenvalue weighted by molar-refractivity contribution is 7.47. The van der Waals surface area contributed by atoms with Gasteiger partial charge in [0.05, 0.1) is 26.4 Å². The van der Waals surface area contributed by atoms with E-state index in [0.717, 1.165) is 114 Å². The van der Waals surface area contributed by atoms with Crippen LogP contribution in [0.4, 0.5) is 0 Å². The van der Waals surface area contributed by atoms with Gasteiger partial charge in [-0.15, -0.1) is 0 Å². The minimum Gasteiger partial charge on any atom is -0.462 e. The number of phosphoric acid groups is 2. The van der Waals surface area contributed by atoms with Crippen molar-refractivity contribution >= 4 is 39.5 Å². The van der Waals surface area contributed by atoms with E-state index in [1.54, 1.807) is 0 Å². The molecule has 86 heavy (non-hydrogen) atoms.